The number of anilines is 2. The predicted molar refractivity (Wildman–Crippen MR) is 91.2 cm³/mol. The normalized spacial score (nSPS) is 12.9. The molecule has 1 atom stereocenters. The standard InChI is InChI=1S/C18H20N2O4/c1-2-24-17(22)18(23,12-13-8-4-3-5-9-13)16(21)20-15-11-7-6-10-14(15)19/h3-11,23H,2,12,19H2,1H3,(H,20,21)/t18-/m1/s1. The van der Waals surface area contributed by atoms with Crippen LogP contribution in [0.3, 0.4) is 0 Å². The average Bonchev–Trinajstić information content (AvgIpc) is 2.58. The number of amides is 1. The van der Waals surface area contributed by atoms with Crippen molar-refractivity contribution in [3.8, 4) is 0 Å². The first kappa shape index (κ1) is 17.5. The number of hydrogen-bond donors (Lipinski definition) is 3. The fraction of sp³-hybridized carbons (Fsp3) is 0.222. The number of ether oxygens (including phenoxy) is 1. The Bertz CT molecular complexity index is 718. The number of nitrogen functional groups attached to an aromatic ring is 1. The largest absolute Gasteiger partial charge is 0.463 e. The highest BCUT2D eigenvalue weighted by molar-refractivity contribution is 6.12. The zero-order valence-electron chi connectivity index (χ0n) is 13.4. The summed E-state index contributed by atoms with van der Waals surface area (Å²) in [4.78, 5) is 24.8. The molecule has 2 aromatic carbocycles. The van der Waals surface area contributed by atoms with Crippen molar-refractivity contribution in [2.45, 2.75) is 18.9 Å². The molecule has 24 heavy (non-hydrogen) atoms. The van der Waals surface area contributed by atoms with E-state index in [1.54, 1.807) is 61.5 Å². The van der Waals surface area contributed by atoms with Gasteiger partial charge >= 0.3 is 5.97 Å². The Hall–Kier alpha value is -2.86. The number of nitrogens with two attached hydrogens (primary N) is 1. The molecule has 0 fully saturated rings. The molecule has 4 N–H and O–H groups in total. The summed E-state index contributed by atoms with van der Waals surface area (Å²) in [6.45, 7) is 1.66. The van der Waals surface area contributed by atoms with Gasteiger partial charge in [-0.3, -0.25) is 4.79 Å². The van der Waals surface area contributed by atoms with Gasteiger partial charge in [-0.1, -0.05) is 42.5 Å². The smallest absolute Gasteiger partial charge is 0.348 e. The van der Waals surface area contributed by atoms with Crippen LogP contribution < -0.4 is 11.1 Å². The maximum atomic E-state index is 12.6. The molecule has 2 rings (SSSR count). The summed E-state index contributed by atoms with van der Waals surface area (Å²) in [5.41, 5.74) is 4.72. The molecule has 0 unspecified atom stereocenters. The third-order valence-electron chi connectivity index (χ3n) is 3.50. The number of hydrogen-bond acceptors (Lipinski definition) is 5. The van der Waals surface area contributed by atoms with Crippen LogP contribution in [0.1, 0.15) is 12.5 Å². The molecular weight excluding hydrogens is 308 g/mol. The van der Waals surface area contributed by atoms with Crippen LogP contribution in [-0.2, 0) is 20.7 Å². The molecule has 0 aromatic heterocycles. The van der Waals surface area contributed by atoms with E-state index in [4.69, 9.17) is 10.5 Å². The van der Waals surface area contributed by atoms with E-state index >= 15 is 0 Å². The lowest BCUT2D eigenvalue weighted by molar-refractivity contribution is -0.169. The van der Waals surface area contributed by atoms with Gasteiger partial charge in [-0.05, 0) is 24.6 Å². The first-order chi connectivity index (χ1) is 11.5. The molecule has 0 saturated heterocycles. The second-order valence-corrected chi connectivity index (χ2v) is 5.28. The summed E-state index contributed by atoms with van der Waals surface area (Å²) >= 11 is 0. The molecule has 126 valence electrons. The van der Waals surface area contributed by atoms with Crippen molar-refractivity contribution in [3.05, 3.63) is 60.2 Å². The number of rotatable bonds is 6. The zero-order chi connectivity index (χ0) is 17.6. The Kier molecular flexibility index (Phi) is 5.55. The molecule has 0 heterocycles. The fourth-order valence-electron chi connectivity index (χ4n) is 2.22. The molecule has 1 amide bonds. The first-order valence-electron chi connectivity index (χ1n) is 7.57. The van der Waals surface area contributed by atoms with Crippen molar-refractivity contribution in [3.63, 3.8) is 0 Å². The van der Waals surface area contributed by atoms with Gasteiger partial charge < -0.3 is 20.9 Å². The van der Waals surface area contributed by atoms with Gasteiger partial charge in [0, 0.05) is 6.42 Å². The van der Waals surface area contributed by atoms with E-state index in [-0.39, 0.29) is 13.0 Å². The maximum absolute atomic E-state index is 12.6. The maximum Gasteiger partial charge on any atom is 0.348 e. The van der Waals surface area contributed by atoms with Crippen LogP contribution in [0.15, 0.2) is 54.6 Å². The van der Waals surface area contributed by atoms with Crippen molar-refractivity contribution < 1.29 is 19.4 Å². The lowest BCUT2D eigenvalue weighted by Crippen LogP contribution is -2.52. The van der Waals surface area contributed by atoms with E-state index in [2.05, 4.69) is 5.32 Å². The summed E-state index contributed by atoms with van der Waals surface area (Å²) in [6, 6.07) is 15.3. The van der Waals surface area contributed by atoms with Crippen LogP contribution in [-0.4, -0.2) is 29.2 Å². The summed E-state index contributed by atoms with van der Waals surface area (Å²) < 4.78 is 4.89. The second kappa shape index (κ2) is 7.61. The number of benzene rings is 2. The third kappa shape index (κ3) is 3.91. The summed E-state index contributed by atoms with van der Waals surface area (Å²) in [5, 5.41) is 13.3. The van der Waals surface area contributed by atoms with Crippen molar-refractivity contribution in [1.29, 1.82) is 0 Å². The topological polar surface area (TPSA) is 102 Å². The van der Waals surface area contributed by atoms with Gasteiger partial charge in [-0.2, -0.15) is 0 Å². The predicted octanol–water partition coefficient (Wildman–Crippen LogP) is 1.74. The van der Waals surface area contributed by atoms with Crippen LogP contribution in [0.4, 0.5) is 11.4 Å². The van der Waals surface area contributed by atoms with E-state index in [1.807, 2.05) is 0 Å². The van der Waals surface area contributed by atoms with Gasteiger partial charge in [0.15, 0.2) is 0 Å². The minimum atomic E-state index is -2.35. The zero-order valence-corrected chi connectivity index (χ0v) is 13.4. The van der Waals surface area contributed by atoms with Crippen molar-refractivity contribution >= 4 is 23.3 Å². The SMILES string of the molecule is CCOC(=O)[C@@](O)(Cc1ccccc1)C(=O)Nc1ccccc1N. The van der Waals surface area contributed by atoms with Crippen LogP contribution in [0.25, 0.3) is 0 Å². The summed E-state index contributed by atoms with van der Waals surface area (Å²) in [6.07, 6.45) is -0.203. The first-order valence-corrected chi connectivity index (χ1v) is 7.57. The average molecular weight is 328 g/mol. The number of carbonyl (C=O) groups excluding carboxylic acids is 2. The van der Waals surface area contributed by atoms with Gasteiger partial charge in [0.05, 0.1) is 18.0 Å². The minimum absolute atomic E-state index is 0.0523. The minimum Gasteiger partial charge on any atom is -0.463 e. The Labute approximate surface area is 140 Å². The Balaban J connectivity index is 2.29. The molecule has 0 radical (unpaired) electrons. The number of carbonyl (C=O) groups is 2. The summed E-state index contributed by atoms with van der Waals surface area (Å²) in [5.74, 6) is -1.89. The molecule has 0 aliphatic carbocycles. The fourth-order valence-corrected chi connectivity index (χ4v) is 2.22. The molecule has 0 bridgehead atoms. The lowest BCUT2D eigenvalue weighted by atomic mass is 9.93. The van der Waals surface area contributed by atoms with Crippen molar-refractivity contribution in [2.24, 2.45) is 0 Å². The van der Waals surface area contributed by atoms with Crippen LogP contribution in [0.5, 0.6) is 0 Å². The van der Waals surface area contributed by atoms with Crippen LogP contribution in [0, 0.1) is 0 Å². The van der Waals surface area contributed by atoms with Crippen molar-refractivity contribution in [1.82, 2.24) is 0 Å². The highest BCUT2D eigenvalue weighted by Gasteiger charge is 2.46. The Morgan fingerprint density at radius 1 is 1.12 bits per heavy atom. The molecular formula is C18H20N2O4. The monoisotopic (exact) mass is 328 g/mol. The lowest BCUT2D eigenvalue weighted by Gasteiger charge is -2.25. The van der Waals surface area contributed by atoms with E-state index in [9.17, 15) is 14.7 Å². The number of esters is 1. The Morgan fingerprint density at radius 3 is 2.38 bits per heavy atom. The van der Waals surface area contributed by atoms with Gasteiger partial charge in [-0.25, -0.2) is 4.79 Å². The molecule has 0 spiro atoms. The van der Waals surface area contributed by atoms with E-state index in [0.29, 0.717) is 16.9 Å². The number of nitrogens with one attached hydrogen (secondary N) is 1. The van der Waals surface area contributed by atoms with Crippen LogP contribution >= 0.6 is 0 Å². The highest BCUT2D eigenvalue weighted by Crippen LogP contribution is 2.22. The summed E-state index contributed by atoms with van der Waals surface area (Å²) in [7, 11) is 0. The molecule has 6 nitrogen and oxygen atoms in total. The van der Waals surface area contributed by atoms with E-state index in [0.717, 1.165) is 0 Å². The number of aliphatic hydroxyl groups is 1. The van der Waals surface area contributed by atoms with E-state index in [1.165, 1.54) is 0 Å². The molecule has 6 heteroatoms. The van der Waals surface area contributed by atoms with Gasteiger partial charge in [-0.15, -0.1) is 0 Å². The third-order valence-corrected chi connectivity index (χ3v) is 3.50. The molecule has 0 saturated carbocycles. The number of para-hydroxylation sites is 2. The Morgan fingerprint density at radius 2 is 1.75 bits per heavy atom. The van der Waals surface area contributed by atoms with Crippen LogP contribution in [0.2, 0.25) is 0 Å². The molecule has 0 aliphatic rings. The van der Waals surface area contributed by atoms with Gasteiger partial charge in [0.1, 0.15) is 0 Å². The second-order valence-electron chi connectivity index (χ2n) is 5.28. The van der Waals surface area contributed by atoms with Gasteiger partial charge in [0.25, 0.3) is 5.91 Å². The van der Waals surface area contributed by atoms with Gasteiger partial charge in [0.2, 0.25) is 5.60 Å². The van der Waals surface area contributed by atoms with E-state index < -0.39 is 17.5 Å². The highest BCUT2D eigenvalue weighted by atomic mass is 16.5. The molecule has 0 aliphatic heterocycles. The molecule has 2 aromatic rings. The van der Waals surface area contributed by atoms with Crippen molar-refractivity contribution in [2.75, 3.05) is 17.7 Å². The quantitative estimate of drug-likeness (QED) is 0.426.